The van der Waals surface area contributed by atoms with E-state index in [9.17, 15) is 37.1 Å². The number of hydrogen-bond acceptors (Lipinski definition) is 13. The van der Waals surface area contributed by atoms with Gasteiger partial charge in [-0.3, -0.25) is 28.9 Å². The normalized spacial score (nSPS) is 19.3. The number of aromatic nitrogens is 2. The Labute approximate surface area is 320 Å². The zero-order valence-electron chi connectivity index (χ0n) is 31.4. The Balaban J connectivity index is 1.50. The number of carbonyl (C=O) groups excluding carboxylic acids is 5. The molecule has 300 valence electrons. The van der Waals surface area contributed by atoms with Crippen molar-refractivity contribution in [3.63, 3.8) is 0 Å². The number of methoxy groups -OCH3 is 1. The molecule has 0 aromatic carbocycles. The lowest BCUT2D eigenvalue weighted by Gasteiger charge is -2.37. The van der Waals surface area contributed by atoms with E-state index in [0.717, 1.165) is 40.9 Å². The third kappa shape index (κ3) is 11.7. The molecule has 1 saturated heterocycles. The highest BCUT2D eigenvalue weighted by atomic mass is 32.1. The van der Waals surface area contributed by atoms with Gasteiger partial charge in [-0.15, -0.1) is 22.7 Å². The zero-order valence-corrected chi connectivity index (χ0v) is 33.1. The van der Waals surface area contributed by atoms with Gasteiger partial charge in [0.15, 0.2) is 11.8 Å². The standard InChI is InChI=1S/C35H49F3N6O8S2/c1-18(2)24(44(6)33(48)29(21-8-9-21)42-31(47)25-15-51-11-10-43(25)5)14-26(52-20(4)45)32-40-23(16-54-32)30(46)39-22(12-19(3)34(49)50-7)13-28-41-27(17-53-28)35(36,37)38/h16-19,21-22,24-26,29H,8-15H2,1-7H3,(H,39,46)(H,42,47)/t19-,22+,24+,25+,26+,29-/m0/s1. The van der Waals surface area contributed by atoms with E-state index in [-0.39, 0.29) is 60.2 Å². The topological polar surface area (TPSA) is 169 Å². The summed E-state index contributed by atoms with van der Waals surface area (Å²) in [5.74, 6) is -3.15. The van der Waals surface area contributed by atoms with Crippen molar-refractivity contribution in [3.05, 3.63) is 32.2 Å². The second-order valence-electron chi connectivity index (χ2n) is 14.2. The Hall–Kier alpha value is -3.68. The van der Waals surface area contributed by atoms with Gasteiger partial charge < -0.3 is 29.7 Å². The number of morpholine rings is 1. The van der Waals surface area contributed by atoms with Gasteiger partial charge in [-0.25, -0.2) is 9.97 Å². The van der Waals surface area contributed by atoms with Crippen LogP contribution >= 0.6 is 22.7 Å². The Kier molecular flexibility index (Phi) is 15.0. The highest BCUT2D eigenvalue weighted by Gasteiger charge is 2.43. The van der Waals surface area contributed by atoms with Crippen LogP contribution in [0.1, 0.15) is 85.7 Å². The lowest BCUT2D eigenvalue weighted by atomic mass is 9.95. The first-order valence-electron chi connectivity index (χ1n) is 17.8. The summed E-state index contributed by atoms with van der Waals surface area (Å²) in [4.78, 5) is 76.9. The number of rotatable bonds is 17. The van der Waals surface area contributed by atoms with Crippen LogP contribution in [0.2, 0.25) is 0 Å². The van der Waals surface area contributed by atoms with Crippen LogP contribution in [0.15, 0.2) is 10.8 Å². The first kappa shape index (κ1) is 43.1. The number of likely N-dealkylation sites (N-methyl/N-ethyl adjacent to an activating group) is 2. The summed E-state index contributed by atoms with van der Waals surface area (Å²) in [6.45, 7) is 8.03. The van der Waals surface area contributed by atoms with Crippen molar-refractivity contribution in [2.75, 3.05) is 41.0 Å². The lowest BCUT2D eigenvalue weighted by molar-refractivity contribution is -0.149. The van der Waals surface area contributed by atoms with E-state index in [1.165, 1.54) is 19.4 Å². The van der Waals surface area contributed by atoms with Crippen LogP contribution in [-0.2, 0) is 46.0 Å². The van der Waals surface area contributed by atoms with Gasteiger partial charge in [0.2, 0.25) is 11.8 Å². The molecule has 2 aromatic heterocycles. The maximum Gasteiger partial charge on any atom is 0.434 e. The lowest BCUT2D eigenvalue weighted by Crippen LogP contribution is -2.58. The molecule has 0 radical (unpaired) electrons. The molecule has 2 aromatic rings. The van der Waals surface area contributed by atoms with Crippen molar-refractivity contribution in [1.29, 1.82) is 0 Å². The van der Waals surface area contributed by atoms with E-state index >= 15 is 0 Å². The first-order chi connectivity index (χ1) is 25.4. The predicted octanol–water partition coefficient (Wildman–Crippen LogP) is 3.86. The number of alkyl halides is 3. The molecule has 6 atom stereocenters. The highest BCUT2D eigenvalue weighted by molar-refractivity contribution is 7.10. The van der Waals surface area contributed by atoms with Gasteiger partial charge in [-0.05, 0) is 38.1 Å². The van der Waals surface area contributed by atoms with Crippen molar-refractivity contribution in [1.82, 2.24) is 30.4 Å². The van der Waals surface area contributed by atoms with Gasteiger partial charge in [0, 0.05) is 56.2 Å². The number of hydrogen-bond donors (Lipinski definition) is 2. The number of nitrogens with one attached hydrogen (secondary N) is 2. The largest absolute Gasteiger partial charge is 0.469 e. The van der Waals surface area contributed by atoms with Crippen LogP contribution in [0.3, 0.4) is 0 Å². The number of carbonyl (C=O) groups is 5. The van der Waals surface area contributed by atoms with Crippen LogP contribution in [0.4, 0.5) is 13.2 Å². The Morgan fingerprint density at radius 1 is 1.07 bits per heavy atom. The van der Waals surface area contributed by atoms with Gasteiger partial charge in [-0.1, -0.05) is 20.8 Å². The molecule has 0 unspecified atom stereocenters. The number of halogens is 3. The van der Waals surface area contributed by atoms with Gasteiger partial charge in [0.25, 0.3) is 5.91 Å². The number of esters is 2. The van der Waals surface area contributed by atoms with Gasteiger partial charge in [-0.2, -0.15) is 13.2 Å². The Morgan fingerprint density at radius 2 is 1.78 bits per heavy atom. The highest BCUT2D eigenvalue weighted by Crippen LogP contribution is 2.36. The third-order valence-electron chi connectivity index (χ3n) is 9.60. The molecule has 1 aliphatic carbocycles. The molecule has 2 fully saturated rings. The zero-order chi connectivity index (χ0) is 39.9. The van der Waals surface area contributed by atoms with E-state index in [1.807, 2.05) is 25.8 Å². The minimum absolute atomic E-state index is 0.00227. The maximum atomic E-state index is 14.0. The van der Waals surface area contributed by atoms with E-state index in [0.29, 0.717) is 18.2 Å². The third-order valence-corrected chi connectivity index (χ3v) is 11.4. The minimum Gasteiger partial charge on any atom is -0.469 e. The fourth-order valence-electron chi connectivity index (χ4n) is 6.36. The first-order valence-corrected chi connectivity index (χ1v) is 19.5. The maximum absolute atomic E-state index is 14.0. The molecule has 1 aliphatic heterocycles. The molecule has 2 aliphatic rings. The molecular weight excluding hydrogens is 754 g/mol. The van der Waals surface area contributed by atoms with Crippen molar-refractivity contribution >= 4 is 52.3 Å². The van der Waals surface area contributed by atoms with E-state index in [2.05, 4.69) is 20.6 Å². The molecule has 4 rings (SSSR count). The predicted molar refractivity (Wildman–Crippen MR) is 192 cm³/mol. The fourth-order valence-corrected chi connectivity index (χ4v) is 8.09. The van der Waals surface area contributed by atoms with Gasteiger partial charge in [0.05, 0.1) is 31.2 Å². The monoisotopic (exact) mass is 802 g/mol. The molecule has 0 bridgehead atoms. The van der Waals surface area contributed by atoms with Crippen molar-refractivity contribution < 1.29 is 51.4 Å². The smallest absolute Gasteiger partial charge is 0.434 e. The minimum atomic E-state index is -4.63. The summed E-state index contributed by atoms with van der Waals surface area (Å²) in [6, 6.07) is -2.51. The molecule has 14 nitrogen and oxygen atoms in total. The van der Waals surface area contributed by atoms with Crippen molar-refractivity contribution in [3.8, 4) is 0 Å². The molecular formula is C35H49F3N6O8S2. The summed E-state index contributed by atoms with van der Waals surface area (Å²) in [7, 11) is 4.71. The molecule has 3 heterocycles. The van der Waals surface area contributed by atoms with Crippen LogP contribution in [-0.4, -0.2) is 115 Å². The Morgan fingerprint density at radius 3 is 2.35 bits per heavy atom. The average Bonchev–Trinajstić information content (AvgIpc) is 3.60. The summed E-state index contributed by atoms with van der Waals surface area (Å²) in [5.41, 5.74) is -1.08. The van der Waals surface area contributed by atoms with E-state index in [4.69, 9.17) is 14.2 Å². The SMILES string of the molecule is COC(=O)[C@@H](C)C[C@H](Cc1nc(C(F)(F)F)cs1)NC(=O)c1csc([C@@H](C[C@H](C(C)C)N(C)C(=O)[C@@H](NC(=O)[C@H]2COCCN2C)C2CC2)OC(C)=O)n1. The summed E-state index contributed by atoms with van der Waals surface area (Å²) in [6.07, 6.45) is -3.85. The molecule has 2 N–H and O–H groups in total. The summed E-state index contributed by atoms with van der Waals surface area (Å²) in [5, 5.41) is 8.52. The summed E-state index contributed by atoms with van der Waals surface area (Å²) < 4.78 is 55.6. The van der Waals surface area contributed by atoms with Crippen LogP contribution in [0, 0.1) is 17.8 Å². The summed E-state index contributed by atoms with van der Waals surface area (Å²) >= 11 is 1.87. The number of nitrogens with zero attached hydrogens (tertiary/aromatic N) is 4. The van der Waals surface area contributed by atoms with E-state index < -0.39 is 65.9 Å². The second-order valence-corrected chi connectivity index (χ2v) is 16.1. The molecule has 54 heavy (non-hydrogen) atoms. The van der Waals surface area contributed by atoms with E-state index in [1.54, 1.807) is 18.9 Å². The average molecular weight is 803 g/mol. The molecule has 19 heteroatoms. The van der Waals surface area contributed by atoms with Gasteiger partial charge >= 0.3 is 18.1 Å². The number of ether oxygens (including phenoxy) is 3. The molecule has 1 saturated carbocycles. The van der Waals surface area contributed by atoms with Crippen molar-refractivity contribution in [2.24, 2.45) is 17.8 Å². The van der Waals surface area contributed by atoms with Crippen molar-refractivity contribution in [2.45, 2.75) is 96.2 Å². The number of amides is 3. The van der Waals surface area contributed by atoms with Crippen LogP contribution < -0.4 is 10.6 Å². The fraction of sp³-hybridized carbons (Fsp3) is 0.686. The second kappa shape index (κ2) is 18.8. The quantitative estimate of drug-likeness (QED) is 0.223. The molecule has 0 spiro atoms. The van der Waals surface area contributed by atoms with Crippen LogP contribution in [0.25, 0.3) is 0 Å². The van der Waals surface area contributed by atoms with Gasteiger partial charge in [0.1, 0.15) is 22.8 Å². The Bertz CT molecular complexity index is 1630. The molecule has 3 amide bonds. The number of thiazole rings is 2. The van der Waals surface area contributed by atoms with Crippen LogP contribution in [0.5, 0.6) is 0 Å².